The minimum atomic E-state index is 0.647. The lowest BCUT2D eigenvalue weighted by atomic mass is 10.2. The largest absolute Gasteiger partial charge is 0.493 e. The van der Waals surface area contributed by atoms with Gasteiger partial charge in [0.05, 0.1) is 14.2 Å². The van der Waals surface area contributed by atoms with Gasteiger partial charge in [0.1, 0.15) is 5.82 Å². The summed E-state index contributed by atoms with van der Waals surface area (Å²) in [5.41, 5.74) is 1.79. The molecule has 2 aromatic rings. The molecule has 0 saturated heterocycles. The highest BCUT2D eigenvalue weighted by Gasteiger charge is 2.07. The molecule has 1 aromatic heterocycles. The highest BCUT2D eigenvalue weighted by molar-refractivity contribution is 5.62. The van der Waals surface area contributed by atoms with Gasteiger partial charge in [0.15, 0.2) is 11.5 Å². The maximum atomic E-state index is 5.33. The Hall–Kier alpha value is -2.50. The van der Waals surface area contributed by atoms with E-state index in [-0.39, 0.29) is 0 Å². The summed E-state index contributed by atoms with van der Waals surface area (Å²) in [5.74, 6) is 2.76. The molecule has 1 aromatic carbocycles. The number of methoxy groups -OCH3 is 2. The number of anilines is 3. The molecule has 0 aliphatic carbocycles. The van der Waals surface area contributed by atoms with Crippen molar-refractivity contribution in [3.8, 4) is 11.5 Å². The molecule has 6 nitrogen and oxygen atoms in total. The first-order valence-corrected chi connectivity index (χ1v) is 8.25. The van der Waals surface area contributed by atoms with E-state index >= 15 is 0 Å². The van der Waals surface area contributed by atoms with Crippen LogP contribution in [0.15, 0.2) is 24.3 Å². The first-order valence-electron chi connectivity index (χ1n) is 8.25. The van der Waals surface area contributed by atoms with E-state index in [1.807, 2.05) is 31.2 Å². The molecule has 6 heteroatoms. The second-order valence-corrected chi connectivity index (χ2v) is 5.55. The Labute approximate surface area is 143 Å². The maximum absolute atomic E-state index is 5.33. The molecule has 0 fully saturated rings. The van der Waals surface area contributed by atoms with E-state index in [0.717, 1.165) is 30.2 Å². The van der Waals surface area contributed by atoms with Crippen molar-refractivity contribution in [2.45, 2.75) is 33.1 Å². The van der Waals surface area contributed by atoms with Gasteiger partial charge < -0.3 is 20.1 Å². The number of unbranched alkanes of at least 4 members (excludes halogenated alkanes) is 2. The second kappa shape index (κ2) is 8.96. The van der Waals surface area contributed by atoms with Gasteiger partial charge in [0.25, 0.3) is 0 Å². The van der Waals surface area contributed by atoms with Crippen LogP contribution in [-0.2, 0) is 0 Å². The lowest BCUT2D eigenvalue weighted by Crippen LogP contribution is -2.07. The van der Waals surface area contributed by atoms with Crippen LogP contribution in [0.5, 0.6) is 11.5 Å². The van der Waals surface area contributed by atoms with Crippen LogP contribution in [0.25, 0.3) is 0 Å². The molecule has 2 rings (SSSR count). The van der Waals surface area contributed by atoms with Gasteiger partial charge in [0, 0.05) is 30.1 Å². The highest BCUT2D eigenvalue weighted by Crippen LogP contribution is 2.31. The summed E-state index contributed by atoms with van der Waals surface area (Å²) < 4.78 is 10.6. The van der Waals surface area contributed by atoms with Crippen molar-refractivity contribution in [3.63, 3.8) is 0 Å². The van der Waals surface area contributed by atoms with Crippen molar-refractivity contribution in [1.82, 2.24) is 9.97 Å². The van der Waals surface area contributed by atoms with Crippen LogP contribution in [0.4, 0.5) is 17.5 Å². The molecule has 24 heavy (non-hydrogen) atoms. The zero-order valence-electron chi connectivity index (χ0n) is 14.8. The van der Waals surface area contributed by atoms with E-state index in [2.05, 4.69) is 27.5 Å². The van der Waals surface area contributed by atoms with Gasteiger partial charge in [-0.05, 0) is 25.5 Å². The predicted octanol–water partition coefficient (Wildman–Crippen LogP) is 4.15. The lowest BCUT2D eigenvalue weighted by Gasteiger charge is -2.12. The lowest BCUT2D eigenvalue weighted by molar-refractivity contribution is 0.355. The molecular formula is C18H26N4O2. The summed E-state index contributed by atoms with van der Waals surface area (Å²) in [6, 6.07) is 7.57. The van der Waals surface area contributed by atoms with Crippen molar-refractivity contribution in [1.29, 1.82) is 0 Å². The molecule has 0 atom stereocenters. The summed E-state index contributed by atoms with van der Waals surface area (Å²) >= 11 is 0. The fourth-order valence-corrected chi connectivity index (χ4v) is 2.35. The van der Waals surface area contributed by atoms with Crippen LogP contribution >= 0.6 is 0 Å². The molecule has 0 amide bonds. The second-order valence-electron chi connectivity index (χ2n) is 5.55. The van der Waals surface area contributed by atoms with Gasteiger partial charge in [-0.1, -0.05) is 19.8 Å². The Balaban J connectivity index is 2.10. The third-order valence-electron chi connectivity index (χ3n) is 3.57. The van der Waals surface area contributed by atoms with Crippen LogP contribution < -0.4 is 20.1 Å². The highest BCUT2D eigenvalue weighted by atomic mass is 16.5. The van der Waals surface area contributed by atoms with E-state index in [4.69, 9.17) is 9.47 Å². The maximum Gasteiger partial charge on any atom is 0.224 e. The number of nitrogens with one attached hydrogen (secondary N) is 2. The van der Waals surface area contributed by atoms with Crippen LogP contribution in [-0.4, -0.2) is 30.7 Å². The van der Waals surface area contributed by atoms with Crippen molar-refractivity contribution in [2.24, 2.45) is 0 Å². The molecule has 0 aliphatic heterocycles. The zero-order chi connectivity index (χ0) is 17.4. The number of nitrogens with zero attached hydrogens (tertiary/aromatic N) is 2. The Morgan fingerprint density at radius 1 is 1.00 bits per heavy atom. The number of aromatic nitrogens is 2. The Morgan fingerprint density at radius 3 is 2.50 bits per heavy atom. The standard InChI is InChI=1S/C18H26N4O2/c1-5-6-7-10-19-18-20-13(2)11-17(22-18)21-14-8-9-15(23-3)16(12-14)24-4/h8-9,11-12H,5-7,10H2,1-4H3,(H2,19,20,21,22). The zero-order valence-corrected chi connectivity index (χ0v) is 14.8. The normalized spacial score (nSPS) is 10.3. The van der Waals surface area contributed by atoms with Crippen LogP contribution in [0, 0.1) is 6.92 Å². The molecule has 2 N–H and O–H groups in total. The smallest absolute Gasteiger partial charge is 0.224 e. The molecule has 1 heterocycles. The van der Waals surface area contributed by atoms with E-state index in [0.29, 0.717) is 17.4 Å². The van der Waals surface area contributed by atoms with Crippen LogP contribution in [0.1, 0.15) is 31.9 Å². The minimum absolute atomic E-state index is 0.647. The Morgan fingerprint density at radius 2 is 1.79 bits per heavy atom. The van der Waals surface area contributed by atoms with Gasteiger partial charge in [0.2, 0.25) is 5.95 Å². The number of hydrogen-bond donors (Lipinski definition) is 2. The quantitative estimate of drug-likeness (QED) is 0.673. The molecule has 0 unspecified atom stereocenters. The Bertz CT molecular complexity index is 661. The van der Waals surface area contributed by atoms with E-state index < -0.39 is 0 Å². The summed E-state index contributed by atoms with van der Waals surface area (Å²) in [6.07, 6.45) is 3.52. The molecule has 130 valence electrons. The minimum Gasteiger partial charge on any atom is -0.493 e. The fourth-order valence-electron chi connectivity index (χ4n) is 2.35. The van der Waals surface area contributed by atoms with Gasteiger partial charge in [-0.15, -0.1) is 0 Å². The van der Waals surface area contributed by atoms with Crippen molar-refractivity contribution in [3.05, 3.63) is 30.0 Å². The average Bonchev–Trinajstić information content (AvgIpc) is 2.58. The summed E-state index contributed by atoms with van der Waals surface area (Å²) in [6.45, 7) is 5.03. The molecule has 0 aliphatic rings. The SMILES string of the molecule is CCCCCNc1nc(C)cc(Nc2ccc(OC)c(OC)c2)n1. The van der Waals surface area contributed by atoms with Gasteiger partial charge >= 0.3 is 0 Å². The van der Waals surface area contributed by atoms with Gasteiger partial charge in [-0.2, -0.15) is 4.98 Å². The number of benzene rings is 1. The Kier molecular flexibility index (Phi) is 6.66. The molecule has 0 saturated carbocycles. The van der Waals surface area contributed by atoms with Crippen LogP contribution in [0.3, 0.4) is 0 Å². The predicted molar refractivity (Wildman–Crippen MR) is 97.6 cm³/mol. The average molecular weight is 330 g/mol. The van der Waals surface area contributed by atoms with Gasteiger partial charge in [-0.25, -0.2) is 4.98 Å². The van der Waals surface area contributed by atoms with E-state index in [1.54, 1.807) is 14.2 Å². The summed E-state index contributed by atoms with van der Waals surface area (Å²) in [5, 5.41) is 6.57. The molecule has 0 bridgehead atoms. The van der Waals surface area contributed by atoms with Crippen LogP contribution in [0.2, 0.25) is 0 Å². The summed E-state index contributed by atoms with van der Waals surface area (Å²) in [4.78, 5) is 8.95. The molecule has 0 radical (unpaired) electrons. The first-order chi connectivity index (χ1) is 11.7. The monoisotopic (exact) mass is 330 g/mol. The first kappa shape index (κ1) is 17.8. The number of aryl methyl sites for hydroxylation is 1. The molecule has 0 spiro atoms. The number of rotatable bonds is 9. The number of hydrogen-bond acceptors (Lipinski definition) is 6. The number of ether oxygens (including phenoxy) is 2. The third kappa shape index (κ3) is 5.01. The van der Waals surface area contributed by atoms with Crippen molar-refractivity contribution in [2.75, 3.05) is 31.4 Å². The van der Waals surface area contributed by atoms with Gasteiger partial charge in [-0.3, -0.25) is 0 Å². The van der Waals surface area contributed by atoms with Crippen molar-refractivity contribution < 1.29 is 9.47 Å². The van der Waals surface area contributed by atoms with E-state index in [1.165, 1.54) is 12.8 Å². The third-order valence-corrected chi connectivity index (χ3v) is 3.57. The fraction of sp³-hybridized carbons (Fsp3) is 0.444. The van der Waals surface area contributed by atoms with E-state index in [9.17, 15) is 0 Å². The van der Waals surface area contributed by atoms with Crippen molar-refractivity contribution >= 4 is 17.5 Å². The summed E-state index contributed by atoms with van der Waals surface area (Å²) in [7, 11) is 3.24. The molecular weight excluding hydrogens is 304 g/mol. The topological polar surface area (TPSA) is 68.3 Å².